The van der Waals surface area contributed by atoms with E-state index in [0.29, 0.717) is 12.5 Å². The van der Waals surface area contributed by atoms with E-state index in [1.165, 1.54) is 37.6 Å². The van der Waals surface area contributed by atoms with Gasteiger partial charge in [-0.05, 0) is 24.7 Å². The van der Waals surface area contributed by atoms with Gasteiger partial charge < -0.3 is 15.3 Å². The lowest BCUT2D eigenvalue weighted by molar-refractivity contribution is -0.137. The molecule has 1 saturated carbocycles. The number of urea groups is 1. The number of nitrogens with one attached hydrogen (secondary N) is 1. The van der Waals surface area contributed by atoms with Crippen LogP contribution >= 0.6 is 0 Å². The van der Waals surface area contributed by atoms with Gasteiger partial charge in [-0.2, -0.15) is 0 Å². The van der Waals surface area contributed by atoms with Crippen molar-refractivity contribution >= 4 is 12.0 Å². The zero-order chi connectivity index (χ0) is 13.5. The molecule has 0 aromatic heterocycles. The van der Waals surface area contributed by atoms with E-state index >= 15 is 0 Å². The predicted octanol–water partition coefficient (Wildman–Crippen LogP) is 1.93. The predicted molar refractivity (Wildman–Crippen MR) is 69.4 cm³/mol. The SMILES string of the molecule is CC1CCCC(CCNC(=O)N(C)CC(=O)O)C1. The minimum absolute atomic E-state index is 0.258. The highest BCUT2D eigenvalue weighted by molar-refractivity contribution is 5.79. The molecule has 0 bridgehead atoms. The zero-order valence-corrected chi connectivity index (χ0v) is 11.3. The molecule has 5 nitrogen and oxygen atoms in total. The highest BCUT2D eigenvalue weighted by Crippen LogP contribution is 2.30. The van der Waals surface area contributed by atoms with Crippen molar-refractivity contribution in [3.05, 3.63) is 0 Å². The van der Waals surface area contributed by atoms with Crippen LogP contribution in [0.1, 0.15) is 39.0 Å². The average Bonchev–Trinajstić information content (AvgIpc) is 2.28. The number of rotatable bonds is 5. The van der Waals surface area contributed by atoms with Gasteiger partial charge >= 0.3 is 12.0 Å². The lowest BCUT2D eigenvalue weighted by Gasteiger charge is -2.27. The van der Waals surface area contributed by atoms with Gasteiger partial charge in [-0.3, -0.25) is 4.79 Å². The van der Waals surface area contributed by atoms with Crippen LogP contribution in [0.25, 0.3) is 0 Å². The van der Waals surface area contributed by atoms with Crippen LogP contribution < -0.4 is 5.32 Å². The second-order valence-electron chi connectivity index (χ2n) is 5.41. The molecule has 2 atom stereocenters. The van der Waals surface area contributed by atoms with Gasteiger partial charge in [0.25, 0.3) is 0 Å². The Bertz CT molecular complexity index is 294. The quantitative estimate of drug-likeness (QED) is 0.789. The first-order chi connectivity index (χ1) is 8.49. The Balaban J connectivity index is 2.16. The fourth-order valence-electron chi connectivity index (χ4n) is 2.61. The van der Waals surface area contributed by atoms with Crippen LogP contribution in [0, 0.1) is 11.8 Å². The standard InChI is InChI=1S/C13H24N2O3/c1-10-4-3-5-11(8-10)6-7-14-13(18)15(2)9-12(16)17/h10-11H,3-9H2,1-2H3,(H,14,18)(H,16,17). The van der Waals surface area contributed by atoms with E-state index in [1.54, 1.807) is 0 Å². The summed E-state index contributed by atoms with van der Waals surface area (Å²) in [6.07, 6.45) is 6.12. The summed E-state index contributed by atoms with van der Waals surface area (Å²) in [4.78, 5) is 23.2. The molecule has 1 fully saturated rings. The smallest absolute Gasteiger partial charge is 0.323 e. The van der Waals surface area contributed by atoms with Crippen molar-refractivity contribution in [3.63, 3.8) is 0 Å². The Morgan fingerprint density at radius 3 is 2.72 bits per heavy atom. The summed E-state index contributed by atoms with van der Waals surface area (Å²) in [5, 5.41) is 11.3. The second-order valence-corrected chi connectivity index (χ2v) is 5.41. The van der Waals surface area contributed by atoms with Crippen LogP contribution in [-0.2, 0) is 4.79 Å². The number of hydrogen-bond acceptors (Lipinski definition) is 2. The molecule has 2 N–H and O–H groups in total. The number of likely N-dealkylation sites (N-methyl/N-ethyl adjacent to an activating group) is 1. The van der Waals surface area contributed by atoms with Crippen LogP contribution in [0.2, 0.25) is 0 Å². The van der Waals surface area contributed by atoms with E-state index in [2.05, 4.69) is 12.2 Å². The Morgan fingerprint density at radius 2 is 2.11 bits per heavy atom. The van der Waals surface area contributed by atoms with Crippen molar-refractivity contribution in [2.45, 2.75) is 39.0 Å². The number of carbonyl (C=O) groups excluding carboxylic acids is 1. The van der Waals surface area contributed by atoms with Gasteiger partial charge in [0, 0.05) is 13.6 Å². The van der Waals surface area contributed by atoms with Crippen LogP contribution in [-0.4, -0.2) is 42.1 Å². The van der Waals surface area contributed by atoms with Gasteiger partial charge in [0.15, 0.2) is 0 Å². The molecule has 1 aliphatic carbocycles. The fraction of sp³-hybridized carbons (Fsp3) is 0.846. The number of carboxylic acids is 1. The van der Waals surface area contributed by atoms with E-state index in [1.807, 2.05) is 0 Å². The van der Waals surface area contributed by atoms with Crippen molar-refractivity contribution in [3.8, 4) is 0 Å². The number of hydrogen-bond donors (Lipinski definition) is 2. The highest BCUT2D eigenvalue weighted by Gasteiger charge is 2.19. The Labute approximate surface area is 109 Å². The molecule has 1 aliphatic rings. The van der Waals surface area contributed by atoms with Gasteiger partial charge in [-0.1, -0.05) is 26.2 Å². The second kappa shape index (κ2) is 7.24. The van der Waals surface area contributed by atoms with Crippen molar-refractivity contribution in [1.29, 1.82) is 0 Å². The van der Waals surface area contributed by atoms with Crippen LogP contribution in [0.3, 0.4) is 0 Å². The maximum atomic E-state index is 11.5. The molecule has 0 radical (unpaired) electrons. The first-order valence-electron chi connectivity index (χ1n) is 6.69. The molecule has 18 heavy (non-hydrogen) atoms. The lowest BCUT2D eigenvalue weighted by atomic mass is 9.81. The molecule has 0 spiro atoms. The van der Waals surface area contributed by atoms with Crippen molar-refractivity contribution in [1.82, 2.24) is 10.2 Å². The summed E-state index contributed by atoms with van der Waals surface area (Å²) in [7, 11) is 1.49. The molecule has 0 saturated heterocycles. The fourth-order valence-corrected chi connectivity index (χ4v) is 2.61. The zero-order valence-electron chi connectivity index (χ0n) is 11.3. The van der Waals surface area contributed by atoms with E-state index in [-0.39, 0.29) is 12.6 Å². The van der Waals surface area contributed by atoms with Gasteiger partial charge in [0.1, 0.15) is 6.54 Å². The molecular weight excluding hydrogens is 232 g/mol. The maximum Gasteiger partial charge on any atom is 0.323 e. The number of amides is 2. The summed E-state index contributed by atoms with van der Waals surface area (Å²) in [6, 6.07) is -0.304. The third kappa shape index (κ3) is 5.38. The number of carboxylic acid groups (broad SMARTS) is 1. The molecule has 104 valence electrons. The Hall–Kier alpha value is -1.26. The van der Waals surface area contributed by atoms with Crippen LogP contribution in [0.4, 0.5) is 4.79 Å². The summed E-state index contributed by atoms with van der Waals surface area (Å²) < 4.78 is 0. The van der Waals surface area contributed by atoms with Gasteiger partial charge in [0.05, 0.1) is 0 Å². The normalized spacial score (nSPS) is 23.4. The molecular formula is C13H24N2O3. The molecule has 2 amide bonds. The minimum atomic E-state index is -0.992. The van der Waals surface area contributed by atoms with Crippen LogP contribution in [0.15, 0.2) is 0 Å². The maximum absolute atomic E-state index is 11.5. The van der Waals surface area contributed by atoms with Crippen LogP contribution in [0.5, 0.6) is 0 Å². The minimum Gasteiger partial charge on any atom is -0.480 e. The Kier molecular flexibility index (Phi) is 5.95. The first-order valence-corrected chi connectivity index (χ1v) is 6.69. The molecule has 0 aromatic rings. The monoisotopic (exact) mass is 256 g/mol. The molecule has 0 heterocycles. The molecule has 0 aliphatic heterocycles. The van der Waals surface area contributed by atoms with Gasteiger partial charge in [0.2, 0.25) is 0 Å². The highest BCUT2D eigenvalue weighted by atomic mass is 16.4. The third-order valence-corrected chi connectivity index (χ3v) is 3.59. The van der Waals surface area contributed by atoms with E-state index < -0.39 is 5.97 Å². The van der Waals surface area contributed by atoms with E-state index in [0.717, 1.165) is 12.3 Å². The van der Waals surface area contributed by atoms with E-state index in [4.69, 9.17) is 5.11 Å². The summed E-state index contributed by atoms with van der Waals surface area (Å²) >= 11 is 0. The van der Waals surface area contributed by atoms with Gasteiger partial charge in [-0.15, -0.1) is 0 Å². The number of carbonyl (C=O) groups is 2. The van der Waals surface area contributed by atoms with Gasteiger partial charge in [-0.25, -0.2) is 4.79 Å². The molecule has 0 aromatic carbocycles. The topological polar surface area (TPSA) is 69.6 Å². The average molecular weight is 256 g/mol. The van der Waals surface area contributed by atoms with Crippen molar-refractivity contribution < 1.29 is 14.7 Å². The summed E-state index contributed by atoms with van der Waals surface area (Å²) in [5.41, 5.74) is 0. The molecule has 5 heteroatoms. The number of aliphatic carboxylic acids is 1. The summed E-state index contributed by atoms with van der Waals surface area (Å²) in [5.74, 6) is 0.515. The Morgan fingerprint density at radius 1 is 1.39 bits per heavy atom. The van der Waals surface area contributed by atoms with E-state index in [9.17, 15) is 9.59 Å². The molecule has 1 rings (SSSR count). The lowest BCUT2D eigenvalue weighted by Crippen LogP contribution is -2.40. The summed E-state index contributed by atoms with van der Waals surface area (Å²) in [6.45, 7) is 2.66. The third-order valence-electron chi connectivity index (χ3n) is 3.59. The first kappa shape index (κ1) is 14.8. The largest absolute Gasteiger partial charge is 0.480 e. The van der Waals surface area contributed by atoms with Crippen molar-refractivity contribution in [2.24, 2.45) is 11.8 Å². The molecule has 2 unspecified atom stereocenters. The number of nitrogens with zero attached hydrogens (tertiary/aromatic N) is 1. The van der Waals surface area contributed by atoms with Crippen molar-refractivity contribution in [2.75, 3.05) is 20.1 Å².